The van der Waals surface area contributed by atoms with Gasteiger partial charge in [-0.2, -0.15) is 5.26 Å². The van der Waals surface area contributed by atoms with Crippen LogP contribution in [0.1, 0.15) is 40.5 Å². The fraction of sp³-hybridized carbons (Fsp3) is 0.700. The summed E-state index contributed by atoms with van der Waals surface area (Å²) in [4.78, 5) is 0. The molecule has 0 bridgehead atoms. The van der Waals surface area contributed by atoms with Crippen molar-refractivity contribution in [3.8, 4) is 6.07 Å². The first-order valence-corrected chi connectivity index (χ1v) is 4.32. The maximum absolute atomic E-state index is 8.80. The minimum absolute atomic E-state index is 0.0831. The minimum atomic E-state index is -0.0831. The molecule has 12 heavy (non-hydrogen) atoms. The minimum Gasteiger partial charge on any atom is -0.401 e. The van der Waals surface area contributed by atoms with Crippen LogP contribution in [0.5, 0.6) is 0 Å². The Bertz CT molecular complexity index is 213. The lowest BCUT2D eigenvalue weighted by Gasteiger charge is -2.20. The fourth-order valence-electron chi connectivity index (χ4n) is 0.953. The van der Waals surface area contributed by atoms with Gasteiger partial charge in [0.1, 0.15) is 0 Å². The molecule has 0 unspecified atom stereocenters. The van der Waals surface area contributed by atoms with E-state index < -0.39 is 0 Å². The van der Waals surface area contributed by atoms with Crippen LogP contribution < -0.4 is 5.73 Å². The molecular formula is C10H18N2. The van der Waals surface area contributed by atoms with Gasteiger partial charge in [0.25, 0.3) is 0 Å². The predicted octanol–water partition coefficient (Wildman–Crippen LogP) is 2.57. The highest BCUT2D eigenvalue weighted by molar-refractivity contribution is 5.28. The Labute approximate surface area is 75.1 Å². The van der Waals surface area contributed by atoms with Gasteiger partial charge in [0.2, 0.25) is 0 Å². The average Bonchev–Trinajstić information content (AvgIpc) is 1.97. The highest BCUT2D eigenvalue weighted by atomic mass is 14.6. The van der Waals surface area contributed by atoms with Gasteiger partial charge >= 0.3 is 0 Å². The molecule has 0 radical (unpaired) electrons. The number of hydrogen-bond donors (Lipinski definition) is 1. The zero-order chi connectivity index (χ0) is 9.78. The van der Waals surface area contributed by atoms with E-state index >= 15 is 0 Å². The Morgan fingerprint density at radius 1 is 1.42 bits per heavy atom. The van der Waals surface area contributed by atoms with Crippen molar-refractivity contribution >= 4 is 0 Å². The van der Waals surface area contributed by atoms with Crippen LogP contribution in [0, 0.1) is 16.7 Å². The zero-order valence-corrected chi connectivity index (χ0v) is 8.44. The summed E-state index contributed by atoms with van der Waals surface area (Å²) in [5.41, 5.74) is 7.23. The van der Waals surface area contributed by atoms with Gasteiger partial charge in [0.05, 0.1) is 6.07 Å². The first kappa shape index (κ1) is 11.0. The Morgan fingerprint density at radius 3 is 2.17 bits per heavy atom. The largest absolute Gasteiger partial charge is 0.401 e. The van der Waals surface area contributed by atoms with Gasteiger partial charge in [-0.15, -0.1) is 0 Å². The Hall–Kier alpha value is -0.970. The standard InChI is InChI=1S/C10H18N2/c1-5-6-8(7-11)9(12)10(2,3)4/h5-6,12H2,1-4H3/b9-8+. The van der Waals surface area contributed by atoms with Gasteiger partial charge in [0, 0.05) is 16.7 Å². The summed E-state index contributed by atoms with van der Waals surface area (Å²) in [5.74, 6) is 0. The van der Waals surface area contributed by atoms with Gasteiger partial charge in [-0.3, -0.25) is 0 Å². The van der Waals surface area contributed by atoms with Crippen molar-refractivity contribution in [2.24, 2.45) is 11.1 Å². The molecule has 0 aromatic carbocycles. The highest BCUT2D eigenvalue weighted by Crippen LogP contribution is 2.24. The molecule has 0 aliphatic rings. The maximum atomic E-state index is 8.80. The number of allylic oxidation sites excluding steroid dienone is 2. The number of nitriles is 1. The highest BCUT2D eigenvalue weighted by Gasteiger charge is 2.17. The molecule has 0 rings (SSSR count). The van der Waals surface area contributed by atoms with Crippen molar-refractivity contribution in [3.05, 3.63) is 11.3 Å². The van der Waals surface area contributed by atoms with E-state index in [1.807, 2.05) is 27.7 Å². The van der Waals surface area contributed by atoms with Crippen molar-refractivity contribution in [3.63, 3.8) is 0 Å². The third-order valence-electron chi connectivity index (χ3n) is 1.77. The van der Waals surface area contributed by atoms with E-state index in [2.05, 4.69) is 6.07 Å². The van der Waals surface area contributed by atoms with Gasteiger partial charge < -0.3 is 5.73 Å². The van der Waals surface area contributed by atoms with Gasteiger partial charge in [-0.1, -0.05) is 34.1 Å². The second-order valence-electron chi connectivity index (χ2n) is 4.00. The van der Waals surface area contributed by atoms with E-state index in [1.54, 1.807) is 0 Å². The molecule has 2 nitrogen and oxygen atoms in total. The Kier molecular flexibility index (Phi) is 3.82. The summed E-state index contributed by atoms with van der Waals surface area (Å²) in [6, 6.07) is 2.16. The van der Waals surface area contributed by atoms with Crippen LogP contribution in [0.2, 0.25) is 0 Å². The molecule has 68 valence electrons. The maximum Gasteiger partial charge on any atom is 0.0965 e. The van der Waals surface area contributed by atoms with Crippen molar-refractivity contribution in [2.45, 2.75) is 40.5 Å². The summed E-state index contributed by atoms with van der Waals surface area (Å²) in [7, 11) is 0. The SMILES string of the molecule is CCC/C(C#N)=C(\N)C(C)(C)C. The smallest absolute Gasteiger partial charge is 0.0965 e. The quantitative estimate of drug-likeness (QED) is 0.641. The normalized spacial score (nSPS) is 13.6. The third-order valence-corrected chi connectivity index (χ3v) is 1.77. The fourth-order valence-corrected chi connectivity index (χ4v) is 0.953. The molecule has 2 heteroatoms. The van der Waals surface area contributed by atoms with Crippen LogP contribution in [0.4, 0.5) is 0 Å². The van der Waals surface area contributed by atoms with Crippen molar-refractivity contribution in [1.82, 2.24) is 0 Å². The topological polar surface area (TPSA) is 49.8 Å². The number of nitrogens with two attached hydrogens (primary N) is 1. The summed E-state index contributed by atoms with van der Waals surface area (Å²) < 4.78 is 0. The van der Waals surface area contributed by atoms with Gasteiger partial charge in [-0.25, -0.2) is 0 Å². The molecule has 0 atom stereocenters. The van der Waals surface area contributed by atoms with Crippen molar-refractivity contribution < 1.29 is 0 Å². The molecule has 0 amide bonds. The van der Waals surface area contributed by atoms with Crippen LogP contribution in [0.3, 0.4) is 0 Å². The van der Waals surface area contributed by atoms with E-state index in [0.29, 0.717) is 0 Å². The Morgan fingerprint density at radius 2 is 1.92 bits per heavy atom. The van der Waals surface area contributed by atoms with Crippen LogP contribution in [-0.2, 0) is 0 Å². The molecule has 0 saturated heterocycles. The van der Waals surface area contributed by atoms with Gasteiger partial charge in [0.15, 0.2) is 0 Å². The zero-order valence-electron chi connectivity index (χ0n) is 8.44. The van der Waals surface area contributed by atoms with E-state index in [1.165, 1.54) is 0 Å². The molecule has 0 aliphatic carbocycles. The van der Waals surface area contributed by atoms with E-state index in [9.17, 15) is 0 Å². The summed E-state index contributed by atoms with van der Waals surface area (Å²) in [6.45, 7) is 8.12. The molecular weight excluding hydrogens is 148 g/mol. The molecule has 0 fully saturated rings. The van der Waals surface area contributed by atoms with Crippen LogP contribution in [0.25, 0.3) is 0 Å². The monoisotopic (exact) mass is 166 g/mol. The predicted molar refractivity (Wildman–Crippen MR) is 51.2 cm³/mol. The number of hydrogen-bond acceptors (Lipinski definition) is 2. The summed E-state index contributed by atoms with van der Waals surface area (Å²) in [5, 5.41) is 8.80. The number of nitrogens with zero attached hydrogens (tertiary/aromatic N) is 1. The third kappa shape index (κ3) is 2.96. The first-order valence-electron chi connectivity index (χ1n) is 4.32. The van der Waals surface area contributed by atoms with Crippen molar-refractivity contribution in [1.29, 1.82) is 5.26 Å². The molecule has 0 aliphatic heterocycles. The Balaban J connectivity index is 4.76. The van der Waals surface area contributed by atoms with E-state index in [-0.39, 0.29) is 5.41 Å². The second-order valence-corrected chi connectivity index (χ2v) is 4.00. The molecule has 2 N–H and O–H groups in total. The van der Waals surface area contributed by atoms with E-state index in [0.717, 1.165) is 24.1 Å². The lowest BCUT2D eigenvalue weighted by molar-refractivity contribution is 0.491. The second kappa shape index (κ2) is 4.15. The van der Waals surface area contributed by atoms with Crippen LogP contribution in [0.15, 0.2) is 11.3 Å². The molecule has 0 saturated carbocycles. The lowest BCUT2D eigenvalue weighted by atomic mass is 9.88. The molecule has 0 aromatic heterocycles. The first-order chi connectivity index (χ1) is 5.43. The van der Waals surface area contributed by atoms with E-state index in [4.69, 9.17) is 11.0 Å². The molecule has 0 spiro atoms. The summed E-state index contributed by atoms with van der Waals surface area (Å²) >= 11 is 0. The molecule has 0 heterocycles. The summed E-state index contributed by atoms with van der Waals surface area (Å²) in [6.07, 6.45) is 1.76. The molecule has 0 aromatic rings. The van der Waals surface area contributed by atoms with Crippen LogP contribution in [-0.4, -0.2) is 0 Å². The van der Waals surface area contributed by atoms with Crippen LogP contribution >= 0.6 is 0 Å². The van der Waals surface area contributed by atoms with Gasteiger partial charge in [-0.05, 0) is 6.42 Å². The number of rotatable bonds is 2. The van der Waals surface area contributed by atoms with Crippen molar-refractivity contribution in [2.75, 3.05) is 0 Å². The average molecular weight is 166 g/mol. The lowest BCUT2D eigenvalue weighted by Crippen LogP contribution is -2.19.